The van der Waals surface area contributed by atoms with Crippen LogP contribution in [0.4, 0.5) is 5.69 Å². The number of carbonyl (C=O) groups is 1. The van der Waals surface area contributed by atoms with Crippen molar-refractivity contribution in [3.63, 3.8) is 0 Å². The third kappa shape index (κ3) is 7.13. The molecule has 1 atom stereocenters. The smallest absolute Gasteiger partial charge is 0.254 e. The van der Waals surface area contributed by atoms with Gasteiger partial charge in [-0.2, -0.15) is 0 Å². The molecule has 2 rings (SSSR count). The van der Waals surface area contributed by atoms with Crippen LogP contribution in [0.25, 0.3) is 0 Å². The number of nitrogens with one attached hydrogen (secondary N) is 3. The lowest BCUT2D eigenvalue weighted by Crippen LogP contribution is -2.56. The van der Waals surface area contributed by atoms with Gasteiger partial charge in [0.2, 0.25) is 3.79 Å². The van der Waals surface area contributed by atoms with Crippen LogP contribution in [0, 0.1) is 0 Å². The molecular formula is C16H11BrCl5N3OS. The van der Waals surface area contributed by atoms with E-state index in [1.165, 1.54) is 18.2 Å². The molecule has 0 unspecified atom stereocenters. The van der Waals surface area contributed by atoms with E-state index < -0.39 is 15.9 Å². The Hall–Kier alpha value is -0.470. The van der Waals surface area contributed by atoms with Crippen LogP contribution < -0.4 is 16.0 Å². The average molecular weight is 551 g/mol. The summed E-state index contributed by atoms with van der Waals surface area (Å²) in [5.41, 5.74) is 0.889. The van der Waals surface area contributed by atoms with Gasteiger partial charge in [0.15, 0.2) is 5.11 Å². The van der Waals surface area contributed by atoms with Crippen LogP contribution in [-0.2, 0) is 0 Å². The normalized spacial score (nSPS) is 12.2. The van der Waals surface area contributed by atoms with Crippen molar-refractivity contribution >= 4 is 103 Å². The number of hydrogen-bond donors (Lipinski definition) is 3. The predicted octanol–water partition coefficient (Wildman–Crippen LogP) is 6.17. The fourth-order valence-electron chi connectivity index (χ4n) is 1.91. The molecule has 3 N–H and O–H groups in total. The molecule has 0 spiro atoms. The first kappa shape index (κ1) is 22.8. The first-order chi connectivity index (χ1) is 12.6. The molecule has 0 fully saturated rings. The van der Waals surface area contributed by atoms with Gasteiger partial charge in [0, 0.05) is 15.2 Å². The number of halogens is 6. The molecule has 2 aromatic rings. The fourth-order valence-corrected chi connectivity index (χ4v) is 3.24. The predicted molar refractivity (Wildman–Crippen MR) is 122 cm³/mol. The summed E-state index contributed by atoms with van der Waals surface area (Å²) in [6, 6.07) is 11.7. The summed E-state index contributed by atoms with van der Waals surface area (Å²) in [6.45, 7) is 0. The second kappa shape index (κ2) is 9.83. The van der Waals surface area contributed by atoms with Gasteiger partial charge >= 0.3 is 0 Å². The topological polar surface area (TPSA) is 53.2 Å². The molecule has 0 saturated carbocycles. The van der Waals surface area contributed by atoms with Crippen molar-refractivity contribution in [3.05, 3.63) is 62.5 Å². The van der Waals surface area contributed by atoms with Crippen LogP contribution in [0.1, 0.15) is 10.4 Å². The molecule has 0 aliphatic heterocycles. The van der Waals surface area contributed by atoms with Crippen molar-refractivity contribution in [2.45, 2.75) is 9.96 Å². The molecular weight excluding hydrogens is 539 g/mol. The van der Waals surface area contributed by atoms with Gasteiger partial charge in [0.1, 0.15) is 6.17 Å². The quantitative estimate of drug-likeness (QED) is 0.242. The number of thiocarbonyl (C=S) groups is 1. The van der Waals surface area contributed by atoms with Crippen LogP contribution in [0.2, 0.25) is 10.0 Å². The Balaban J connectivity index is 2.09. The summed E-state index contributed by atoms with van der Waals surface area (Å²) in [4.78, 5) is 12.5. The van der Waals surface area contributed by atoms with Gasteiger partial charge in [-0.15, -0.1) is 0 Å². The lowest BCUT2D eigenvalue weighted by Gasteiger charge is -2.28. The number of anilines is 1. The Kier molecular flexibility index (Phi) is 8.31. The van der Waals surface area contributed by atoms with Crippen LogP contribution in [0.3, 0.4) is 0 Å². The number of carbonyl (C=O) groups excluding carboxylic acids is 1. The zero-order valence-corrected chi connectivity index (χ0v) is 19.4. The van der Waals surface area contributed by atoms with Crippen molar-refractivity contribution < 1.29 is 4.79 Å². The molecule has 0 aromatic heterocycles. The minimum atomic E-state index is -1.89. The van der Waals surface area contributed by atoms with Crippen LogP contribution >= 0.6 is 86.2 Å². The highest BCUT2D eigenvalue weighted by Gasteiger charge is 2.35. The Morgan fingerprint density at radius 2 is 1.67 bits per heavy atom. The molecule has 11 heteroatoms. The van der Waals surface area contributed by atoms with E-state index in [0.717, 1.165) is 4.47 Å². The van der Waals surface area contributed by atoms with Gasteiger partial charge in [-0.25, -0.2) is 0 Å². The van der Waals surface area contributed by atoms with E-state index in [1.807, 2.05) is 12.1 Å². The minimum absolute atomic E-state index is 0.149. The van der Waals surface area contributed by atoms with E-state index in [2.05, 4.69) is 31.9 Å². The molecule has 0 aliphatic carbocycles. The minimum Gasteiger partial charge on any atom is -0.339 e. The molecule has 0 bridgehead atoms. The molecule has 1 amide bonds. The Labute approximate surface area is 195 Å². The number of amides is 1. The van der Waals surface area contributed by atoms with Gasteiger partial charge < -0.3 is 16.0 Å². The van der Waals surface area contributed by atoms with Crippen molar-refractivity contribution in [3.8, 4) is 0 Å². The van der Waals surface area contributed by atoms with Crippen molar-refractivity contribution in [1.82, 2.24) is 10.6 Å². The SMILES string of the molecule is O=C(N[C@@H](NC(=S)Nc1ccc(Br)cc1)C(Cl)(Cl)Cl)c1ccc(Cl)cc1Cl. The second-order valence-electron chi connectivity index (χ2n) is 5.18. The molecule has 27 heavy (non-hydrogen) atoms. The van der Waals surface area contributed by atoms with Gasteiger partial charge in [-0.3, -0.25) is 4.79 Å². The largest absolute Gasteiger partial charge is 0.339 e. The van der Waals surface area contributed by atoms with E-state index in [9.17, 15) is 4.79 Å². The number of alkyl halides is 3. The highest BCUT2D eigenvalue weighted by molar-refractivity contribution is 9.10. The second-order valence-corrected chi connectivity index (χ2v) is 9.71. The third-order valence-electron chi connectivity index (χ3n) is 3.16. The summed E-state index contributed by atoms with van der Waals surface area (Å²) in [5, 5.41) is 8.96. The van der Waals surface area contributed by atoms with E-state index in [4.69, 9.17) is 70.2 Å². The number of hydrogen-bond acceptors (Lipinski definition) is 2. The van der Waals surface area contributed by atoms with Crippen LogP contribution in [0.15, 0.2) is 46.9 Å². The van der Waals surface area contributed by atoms with Crippen molar-refractivity contribution in [2.75, 3.05) is 5.32 Å². The van der Waals surface area contributed by atoms with E-state index in [1.54, 1.807) is 12.1 Å². The average Bonchev–Trinajstić information content (AvgIpc) is 2.55. The first-order valence-electron chi connectivity index (χ1n) is 7.22. The van der Waals surface area contributed by atoms with Gasteiger partial charge in [0.25, 0.3) is 5.91 Å². The summed E-state index contributed by atoms with van der Waals surface area (Å²) < 4.78 is -0.974. The van der Waals surface area contributed by atoms with E-state index in [-0.39, 0.29) is 15.7 Å². The van der Waals surface area contributed by atoms with Crippen molar-refractivity contribution in [2.24, 2.45) is 0 Å². The first-order valence-corrected chi connectivity index (χ1v) is 10.3. The van der Waals surface area contributed by atoms with Gasteiger partial charge in [0.05, 0.1) is 10.6 Å². The summed E-state index contributed by atoms with van der Waals surface area (Å²) in [5.74, 6) is -0.563. The third-order valence-corrected chi connectivity index (χ3v) is 5.11. The summed E-state index contributed by atoms with van der Waals surface area (Å²) >= 11 is 38.3. The maximum atomic E-state index is 12.5. The van der Waals surface area contributed by atoms with E-state index in [0.29, 0.717) is 10.7 Å². The highest BCUT2D eigenvalue weighted by Crippen LogP contribution is 2.30. The summed E-state index contributed by atoms with van der Waals surface area (Å²) in [7, 11) is 0. The van der Waals surface area contributed by atoms with Gasteiger partial charge in [-0.1, -0.05) is 73.9 Å². The van der Waals surface area contributed by atoms with Crippen LogP contribution in [-0.4, -0.2) is 21.0 Å². The molecule has 144 valence electrons. The number of rotatable bonds is 4. The number of benzene rings is 2. The lowest BCUT2D eigenvalue weighted by atomic mass is 10.2. The molecule has 0 aliphatic rings. The maximum Gasteiger partial charge on any atom is 0.254 e. The fraction of sp³-hybridized carbons (Fsp3) is 0.125. The molecule has 2 aromatic carbocycles. The Morgan fingerprint density at radius 3 is 2.22 bits per heavy atom. The Bertz CT molecular complexity index is 845. The zero-order chi connectivity index (χ0) is 20.2. The zero-order valence-electron chi connectivity index (χ0n) is 13.2. The Morgan fingerprint density at radius 1 is 1.04 bits per heavy atom. The standard InChI is InChI=1S/C16H11BrCl5N3OS/c17-8-1-4-10(5-2-8)23-15(27)25-14(16(20,21)22)24-13(26)11-6-3-9(18)7-12(11)19/h1-7,14H,(H,24,26)(H2,23,25,27)/t14-/m0/s1. The van der Waals surface area contributed by atoms with Crippen LogP contribution in [0.5, 0.6) is 0 Å². The van der Waals surface area contributed by atoms with E-state index >= 15 is 0 Å². The van der Waals surface area contributed by atoms with Gasteiger partial charge in [-0.05, 0) is 54.7 Å². The molecule has 0 radical (unpaired) electrons. The maximum absolute atomic E-state index is 12.5. The lowest BCUT2D eigenvalue weighted by molar-refractivity contribution is 0.0934. The molecule has 4 nitrogen and oxygen atoms in total. The molecule has 0 saturated heterocycles. The molecule has 0 heterocycles. The monoisotopic (exact) mass is 547 g/mol. The highest BCUT2D eigenvalue weighted by atomic mass is 79.9. The summed E-state index contributed by atoms with van der Waals surface area (Å²) in [6.07, 6.45) is -1.13. The van der Waals surface area contributed by atoms with Crippen molar-refractivity contribution in [1.29, 1.82) is 0 Å².